The maximum absolute atomic E-state index is 10.3. The molecular formula is C12H17NO4S. The largest absolute Gasteiger partial charge is 0.478 e. The summed E-state index contributed by atoms with van der Waals surface area (Å²) in [6, 6.07) is 0. The van der Waals surface area contributed by atoms with Crippen LogP contribution in [0.5, 0.6) is 0 Å². The highest BCUT2D eigenvalue weighted by Crippen LogP contribution is 2.31. The first-order valence-corrected chi connectivity index (χ1v) is 6.41. The molecule has 1 aromatic heterocycles. The average molecular weight is 271 g/mol. The van der Waals surface area contributed by atoms with Crippen molar-refractivity contribution < 1.29 is 19.7 Å². The first-order valence-electron chi connectivity index (χ1n) is 5.59. The van der Waals surface area contributed by atoms with Gasteiger partial charge in [-0.15, -0.1) is 11.3 Å². The van der Waals surface area contributed by atoms with Crippen LogP contribution in [0, 0.1) is 6.92 Å². The number of aliphatic hydroxyl groups is 1. The molecule has 0 aliphatic rings. The van der Waals surface area contributed by atoms with Crippen molar-refractivity contribution in [3.05, 3.63) is 27.7 Å². The van der Waals surface area contributed by atoms with Gasteiger partial charge >= 0.3 is 5.97 Å². The Hall–Kier alpha value is -1.24. The number of ether oxygens (including phenoxy) is 1. The summed E-state index contributed by atoms with van der Waals surface area (Å²) in [5, 5.41) is 19.4. The number of aryl methyl sites for hydroxylation is 1. The highest BCUT2D eigenvalue weighted by atomic mass is 32.1. The number of aliphatic carboxylic acids is 1. The molecule has 0 fully saturated rings. The number of aromatic nitrogens is 1. The summed E-state index contributed by atoms with van der Waals surface area (Å²) in [6.07, 6.45) is 3.04. The lowest BCUT2D eigenvalue weighted by atomic mass is 10.2. The molecule has 0 radical (unpaired) electrons. The molecule has 6 heteroatoms. The van der Waals surface area contributed by atoms with Crippen molar-refractivity contribution in [1.29, 1.82) is 0 Å². The van der Waals surface area contributed by atoms with Crippen molar-refractivity contribution in [2.75, 3.05) is 6.61 Å². The van der Waals surface area contributed by atoms with Gasteiger partial charge in [-0.3, -0.25) is 0 Å². The fourth-order valence-electron chi connectivity index (χ4n) is 1.58. The van der Waals surface area contributed by atoms with Gasteiger partial charge in [0.05, 0.1) is 15.6 Å². The van der Waals surface area contributed by atoms with Crippen molar-refractivity contribution in [3.63, 3.8) is 0 Å². The monoisotopic (exact) mass is 271 g/mol. The number of allylic oxidation sites excluding steroid dienone is 1. The third kappa shape index (κ3) is 3.90. The van der Waals surface area contributed by atoms with E-state index < -0.39 is 11.8 Å². The summed E-state index contributed by atoms with van der Waals surface area (Å²) in [7, 11) is 0. The van der Waals surface area contributed by atoms with E-state index in [9.17, 15) is 9.90 Å². The van der Waals surface area contributed by atoms with Gasteiger partial charge in [-0.25, -0.2) is 9.78 Å². The van der Waals surface area contributed by atoms with Crippen LogP contribution in [0.1, 0.15) is 29.4 Å². The van der Waals surface area contributed by atoms with Gasteiger partial charge < -0.3 is 14.9 Å². The third-order valence-corrected chi connectivity index (χ3v) is 3.61. The Labute approximate surface area is 110 Å². The summed E-state index contributed by atoms with van der Waals surface area (Å²) in [5.74, 6) is -2.32. The van der Waals surface area contributed by atoms with Gasteiger partial charge in [0.1, 0.15) is 0 Å². The lowest BCUT2D eigenvalue weighted by Crippen LogP contribution is -2.24. The minimum atomic E-state index is -1.34. The molecule has 0 aliphatic carbocycles. The van der Waals surface area contributed by atoms with Crippen molar-refractivity contribution >= 4 is 17.3 Å². The molecule has 5 nitrogen and oxygen atoms in total. The van der Waals surface area contributed by atoms with E-state index in [1.807, 2.05) is 0 Å². The molecular weight excluding hydrogens is 254 g/mol. The Morgan fingerprint density at radius 2 is 2.28 bits per heavy atom. The number of nitrogens with zero attached hydrogens (tertiary/aromatic N) is 1. The maximum atomic E-state index is 10.3. The van der Waals surface area contributed by atoms with Crippen LogP contribution in [-0.2, 0) is 21.7 Å². The van der Waals surface area contributed by atoms with E-state index in [2.05, 4.69) is 4.98 Å². The fourth-order valence-corrected chi connectivity index (χ4v) is 2.62. The van der Waals surface area contributed by atoms with E-state index in [0.717, 1.165) is 11.1 Å². The number of hydrogen-bond acceptors (Lipinski definition) is 5. The zero-order chi connectivity index (χ0) is 13.8. The second-order valence-corrected chi connectivity index (χ2v) is 4.97. The van der Waals surface area contributed by atoms with E-state index in [1.54, 1.807) is 20.8 Å². The molecule has 1 unspecified atom stereocenters. The molecule has 1 heterocycles. The molecule has 100 valence electrons. The Morgan fingerprint density at radius 1 is 1.61 bits per heavy atom. The Balaban J connectivity index is 2.85. The molecule has 1 rings (SSSR count). The van der Waals surface area contributed by atoms with Gasteiger partial charge in [0.2, 0.25) is 5.79 Å². The van der Waals surface area contributed by atoms with Crippen molar-refractivity contribution in [2.45, 2.75) is 33.0 Å². The standard InChI is InChI=1S/C12H17NO4S/c1-4-17-12(3,16)11-8(2)13-9(18-11)6-5-7-10(14)15/h5,7,16H,4,6H2,1-3H3,(H,14,15)/b7-5+. The van der Waals surface area contributed by atoms with Crippen molar-refractivity contribution in [1.82, 2.24) is 4.98 Å². The number of rotatable bonds is 6. The van der Waals surface area contributed by atoms with Crippen LogP contribution in [-0.4, -0.2) is 27.8 Å². The molecule has 0 saturated heterocycles. The van der Waals surface area contributed by atoms with E-state index in [0.29, 0.717) is 23.6 Å². The first kappa shape index (κ1) is 14.8. The second-order valence-electron chi connectivity index (χ2n) is 3.88. The molecule has 1 atom stereocenters. The minimum Gasteiger partial charge on any atom is -0.478 e. The van der Waals surface area contributed by atoms with Crippen molar-refractivity contribution in [2.24, 2.45) is 0 Å². The Kier molecular flexibility index (Phi) is 5.01. The average Bonchev–Trinajstić information content (AvgIpc) is 2.59. The predicted octanol–water partition coefficient (Wildman–Crippen LogP) is 1.84. The van der Waals surface area contributed by atoms with Gasteiger partial charge in [-0.1, -0.05) is 6.08 Å². The van der Waals surface area contributed by atoms with Crippen LogP contribution in [0.25, 0.3) is 0 Å². The van der Waals surface area contributed by atoms with Crippen LogP contribution < -0.4 is 0 Å². The lowest BCUT2D eigenvalue weighted by molar-refractivity contribution is -0.193. The number of carbonyl (C=O) groups is 1. The molecule has 0 aliphatic heterocycles. The maximum Gasteiger partial charge on any atom is 0.327 e. The molecule has 0 aromatic carbocycles. The van der Waals surface area contributed by atoms with Gasteiger partial charge in [0.15, 0.2) is 0 Å². The lowest BCUT2D eigenvalue weighted by Gasteiger charge is -2.21. The molecule has 2 N–H and O–H groups in total. The molecule has 0 bridgehead atoms. The third-order valence-electron chi connectivity index (χ3n) is 2.24. The number of carboxylic acid groups (broad SMARTS) is 1. The fraction of sp³-hybridized carbons (Fsp3) is 0.500. The molecule has 18 heavy (non-hydrogen) atoms. The summed E-state index contributed by atoms with van der Waals surface area (Å²) < 4.78 is 5.27. The van der Waals surface area contributed by atoms with E-state index >= 15 is 0 Å². The summed E-state index contributed by atoms with van der Waals surface area (Å²) in [5.41, 5.74) is 0.706. The summed E-state index contributed by atoms with van der Waals surface area (Å²) >= 11 is 1.33. The van der Waals surface area contributed by atoms with E-state index in [1.165, 1.54) is 17.4 Å². The molecule has 0 spiro atoms. The first-order chi connectivity index (χ1) is 8.36. The number of carboxylic acids is 1. The highest BCUT2D eigenvalue weighted by Gasteiger charge is 2.28. The highest BCUT2D eigenvalue weighted by molar-refractivity contribution is 7.11. The molecule has 0 amide bonds. The molecule has 1 aromatic rings. The normalized spacial score (nSPS) is 14.9. The van der Waals surface area contributed by atoms with Gasteiger partial charge in [0.25, 0.3) is 0 Å². The summed E-state index contributed by atoms with van der Waals surface area (Å²) in [6.45, 7) is 5.58. The zero-order valence-corrected chi connectivity index (χ0v) is 11.5. The Morgan fingerprint density at radius 3 is 2.83 bits per heavy atom. The van der Waals surface area contributed by atoms with Crippen LogP contribution >= 0.6 is 11.3 Å². The minimum absolute atomic E-state index is 0.401. The van der Waals surface area contributed by atoms with Gasteiger partial charge in [-0.2, -0.15) is 0 Å². The molecule has 0 saturated carbocycles. The number of hydrogen-bond donors (Lipinski definition) is 2. The Bertz CT molecular complexity index is 451. The second kappa shape index (κ2) is 6.08. The van der Waals surface area contributed by atoms with Crippen molar-refractivity contribution in [3.8, 4) is 0 Å². The van der Waals surface area contributed by atoms with Crippen LogP contribution in [0.3, 0.4) is 0 Å². The quantitative estimate of drug-likeness (QED) is 0.609. The SMILES string of the molecule is CCOC(C)(O)c1sc(C/C=C/C(=O)O)nc1C. The van der Waals surface area contributed by atoms with Crippen LogP contribution in [0.15, 0.2) is 12.2 Å². The van der Waals surface area contributed by atoms with E-state index in [-0.39, 0.29) is 0 Å². The van der Waals surface area contributed by atoms with Gasteiger partial charge in [-0.05, 0) is 20.8 Å². The van der Waals surface area contributed by atoms with Crippen LogP contribution in [0.4, 0.5) is 0 Å². The topological polar surface area (TPSA) is 79.7 Å². The van der Waals surface area contributed by atoms with E-state index in [4.69, 9.17) is 9.84 Å². The summed E-state index contributed by atoms with van der Waals surface area (Å²) in [4.78, 5) is 15.3. The van der Waals surface area contributed by atoms with Crippen LogP contribution in [0.2, 0.25) is 0 Å². The number of thiazole rings is 1. The zero-order valence-electron chi connectivity index (χ0n) is 10.6. The van der Waals surface area contributed by atoms with Gasteiger partial charge in [0, 0.05) is 19.1 Å². The smallest absolute Gasteiger partial charge is 0.327 e. The predicted molar refractivity (Wildman–Crippen MR) is 68.5 cm³/mol.